The Hall–Kier alpha value is -4.33. The van der Waals surface area contributed by atoms with E-state index in [0.29, 0.717) is 34.0 Å². The number of hydrogen-bond acceptors (Lipinski definition) is 5. The smallest absolute Gasteiger partial charge is 0.272 e. The lowest BCUT2D eigenvalue weighted by atomic mass is 10.1. The van der Waals surface area contributed by atoms with E-state index in [9.17, 15) is 14.4 Å². The SMILES string of the molecule is CCOc1ccc(C(=O)CSc2cccc(NC(=O)/C(=C/c3cccc(Cl)c3)NC(=O)c3ccccc3)c2)cc1. The molecule has 4 aromatic rings. The van der Waals surface area contributed by atoms with Crippen LogP contribution < -0.4 is 15.4 Å². The number of nitrogens with one attached hydrogen (secondary N) is 2. The zero-order valence-corrected chi connectivity index (χ0v) is 23.3. The summed E-state index contributed by atoms with van der Waals surface area (Å²) in [6, 6.07) is 29.9. The van der Waals surface area contributed by atoms with Crippen LogP contribution in [0.5, 0.6) is 5.75 Å². The number of anilines is 1. The first kappa shape index (κ1) is 28.7. The standard InChI is InChI=1S/C32H27ClN2O4S/c1-2-39-27-16-14-23(15-17-27)30(36)21-40-28-13-7-12-26(20-28)34-32(38)29(19-22-8-6-11-25(33)18-22)35-31(37)24-9-4-3-5-10-24/h3-20H,2,21H2,1H3,(H,34,38)(H,35,37)/b29-19-. The van der Waals surface area contributed by atoms with Gasteiger partial charge in [-0.1, -0.05) is 48.0 Å². The van der Waals surface area contributed by atoms with Gasteiger partial charge in [0.1, 0.15) is 11.4 Å². The molecule has 0 saturated carbocycles. The summed E-state index contributed by atoms with van der Waals surface area (Å²) < 4.78 is 5.43. The van der Waals surface area contributed by atoms with Crippen molar-refractivity contribution in [3.8, 4) is 5.75 Å². The molecule has 0 heterocycles. The number of hydrogen-bond donors (Lipinski definition) is 2. The van der Waals surface area contributed by atoms with Gasteiger partial charge in [-0.2, -0.15) is 0 Å². The van der Waals surface area contributed by atoms with Gasteiger partial charge in [0.15, 0.2) is 5.78 Å². The van der Waals surface area contributed by atoms with E-state index in [4.69, 9.17) is 16.3 Å². The van der Waals surface area contributed by atoms with Crippen LogP contribution in [0.4, 0.5) is 5.69 Å². The highest BCUT2D eigenvalue weighted by Gasteiger charge is 2.16. The minimum absolute atomic E-state index is 0.0159. The number of amides is 2. The molecule has 2 amide bonds. The van der Waals surface area contributed by atoms with E-state index >= 15 is 0 Å². The zero-order valence-electron chi connectivity index (χ0n) is 21.7. The third-order valence-electron chi connectivity index (χ3n) is 5.64. The lowest BCUT2D eigenvalue weighted by Crippen LogP contribution is -2.30. The highest BCUT2D eigenvalue weighted by Crippen LogP contribution is 2.24. The van der Waals surface area contributed by atoms with Gasteiger partial charge in [-0.25, -0.2) is 0 Å². The molecule has 0 atom stereocenters. The van der Waals surface area contributed by atoms with Crippen LogP contribution in [0, 0.1) is 0 Å². The quantitative estimate of drug-likeness (QED) is 0.114. The lowest BCUT2D eigenvalue weighted by molar-refractivity contribution is -0.113. The van der Waals surface area contributed by atoms with Crippen molar-refractivity contribution >= 4 is 52.7 Å². The van der Waals surface area contributed by atoms with Crippen LogP contribution in [0.2, 0.25) is 5.02 Å². The Morgan fingerprint density at radius 1 is 0.850 bits per heavy atom. The molecular formula is C32H27ClN2O4S. The molecule has 0 saturated heterocycles. The van der Waals surface area contributed by atoms with Crippen LogP contribution in [0.3, 0.4) is 0 Å². The van der Waals surface area contributed by atoms with E-state index in [1.807, 2.05) is 19.1 Å². The number of carbonyl (C=O) groups is 3. The van der Waals surface area contributed by atoms with Gasteiger partial charge in [0, 0.05) is 26.7 Å². The molecule has 0 aliphatic rings. The topological polar surface area (TPSA) is 84.5 Å². The largest absolute Gasteiger partial charge is 0.494 e. The first-order valence-electron chi connectivity index (χ1n) is 12.5. The highest BCUT2D eigenvalue weighted by atomic mass is 35.5. The summed E-state index contributed by atoms with van der Waals surface area (Å²) in [5.41, 5.74) is 2.26. The third kappa shape index (κ3) is 8.33. The minimum atomic E-state index is -0.503. The van der Waals surface area contributed by atoms with E-state index < -0.39 is 11.8 Å². The van der Waals surface area contributed by atoms with Crippen molar-refractivity contribution in [2.75, 3.05) is 17.7 Å². The van der Waals surface area contributed by atoms with Gasteiger partial charge in [0.05, 0.1) is 12.4 Å². The second-order valence-corrected chi connectivity index (χ2v) is 10.1. The molecule has 0 radical (unpaired) electrons. The summed E-state index contributed by atoms with van der Waals surface area (Å²) >= 11 is 7.49. The molecule has 0 bridgehead atoms. The zero-order chi connectivity index (χ0) is 28.3. The highest BCUT2D eigenvalue weighted by molar-refractivity contribution is 8.00. The Bertz CT molecular complexity index is 1520. The maximum atomic E-state index is 13.3. The van der Waals surface area contributed by atoms with Gasteiger partial charge in [-0.15, -0.1) is 11.8 Å². The fraction of sp³-hybridized carbons (Fsp3) is 0.0938. The molecule has 40 heavy (non-hydrogen) atoms. The second kappa shape index (κ2) is 14.2. The molecule has 0 fully saturated rings. The van der Waals surface area contributed by atoms with Crippen molar-refractivity contribution in [1.29, 1.82) is 0 Å². The first-order valence-corrected chi connectivity index (χ1v) is 13.9. The average molecular weight is 571 g/mol. The number of rotatable bonds is 11. The molecule has 6 nitrogen and oxygen atoms in total. The number of ketones is 1. The Morgan fingerprint density at radius 2 is 1.60 bits per heavy atom. The molecule has 0 aliphatic carbocycles. The van der Waals surface area contributed by atoms with Crippen LogP contribution in [-0.4, -0.2) is 30.0 Å². The van der Waals surface area contributed by atoms with Crippen LogP contribution in [0.25, 0.3) is 6.08 Å². The lowest BCUT2D eigenvalue weighted by Gasteiger charge is -2.12. The average Bonchev–Trinajstić information content (AvgIpc) is 2.97. The van der Waals surface area contributed by atoms with E-state index in [-0.39, 0.29) is 17.2 Å². The fourth-order valence-electron chi connectivity index (χ4n) is 3.70. The van der Waals surface area contributed by atoms with Gasteiger partial charge >= 0.3 is 0 Å². The molecular weight excluding hydrogens is 544 g/mol. The van der Waals surface area contributed by atoms with Gasteiger partial charge in [0.25, 0.3) is 11.8 Å². The number of carbonyl (C=O) groups excluding carboxylic acids is 3. The Balaban J connectivity index is 1.46. The summed E-state index contributed by atoms with van der Waals surface area (Å²) in [5, 5.41) is 6.07. The number of ether oxygens (including phenoxy) is 1. The molecule has 0 aliphatic heterocycles. The van der Waals surface area contributed by atoms with Crippen molar-refractivity contribution in [3.05, 3.63) is 131 Å². The summed E-state index contributed by atoms with van der Waals surface area (Å²) in [4.78, 5) is 39.6. The van der Waals surface area contributed by atoms with Crippen molar-refractivity contribution in [3.63, 3.8) is 0 Å². The molecule has 8 heteroatoms. The summed E-state index contributed by atoms with van der Waals surface area (Å²) in [5.74, 6) is 0.0214. The Morgan fingerprint density at radius 3 is 2.33 bits per heavy atom. The van der Waals surface area contributed by atoms with E-state index in [1.165, 1.54) is 11.8 Å². The maximum Gasteiger partial charge on any atom is 0.272 e. The fourth-order valence-corrected chi connectivity index (χ4v) is 4.75. The molecule has 4 rings (SSSR count). The summed E-state index contributed by atoms with van der Waals surface area (Å²) in [6.45, 7) is 2.47. The van der Waals surface area contributed by atoms with Crippen LogP contribution in [-0.2, 0) is 4.79 Å². The third-order valence-corrected chi connectivity index (χ3v) is 6.87. The van der Waals surface area contributed by atoms with Gasteiger partial charge in [-0.05, 0) is 85.3 Å². The molecule has 0 unspecified atom stereocenters. The van der Waals surface area contributed by atoms with Crippen LogP contribution in [0.1, 0.15) is 33.2 Å². The molecule has 0 aromatic heterocycles. The van der Waals surface area contributed by atoms with Crippen molar-refractivity contribution in [2.45, 2.75) is 11.8 Å². The van der Waals surface area contributed by atoms with E-state index in [1.54, 1.807) is 97.1 Å². The maximum absolute atomic E-state index is 13.3. The molecule has 202 valence electrons. The molecule has 4 aromatic carbocycles. The Labute approximate surface area is 242 Å². The Kier molecular flexibility index (Phi) is 10.2. The summed E-state index contributed by atoms with van der Waals surface area (Å²) in [6.07, 6.45) is 1.57. The van der Waals surface area contributed by atoms with Crippen molar-refractivity contribution < 1.29 is 19.1 Å². The predicted molar refractivity (Wildman–Crippen MR) is 161 cm³/mol. The van der Waals surface area contributed by atoms with Crippen molar-refractivity contribution in [2.24, 2.45) is 0 Å². The normalized spacial score (nSPS) is 11.0. The number of Topliss-reactive ketones (excluding diaryl/α,β-unsaturated/α-hetero) is 1. The second-order valence-electron chi connectivity index (χ2n) is 8.58. The van der Waals surface area contributed by atoms with Crippen LogP contribution in [0.15, 0.2) is 114 Å². The number of halogens is 1. The van der Waals surface area contributed by atoms with Gasteiger partial charge in [0.2, 0.25) is 0 Å². The first-order chi connectivity index (χ1) is 19.4. The van der Waals surface area contributed by atoms with Crippen molar-refractivity contribution in [1.82, 2.24) is 5.32 Å². The molecule has 2 N–H and O–H groups in total. The van der Waals surface area contributed by atoms with E-state index in [2.05, 4.69) is 10.6 Å². The van der Waals surface area contributed by atoms with Gasteiger partial charge < -0.3 is 15.4 Å². The van der Waals surface area contributed by atoms with E-state index in [0.717, 1.165) is 10.6 Å². The minimum Gasteiger partial charge on any atom is -0.494 e. The van der Waals surface area contributed by atoms with Gasteiger partial charge in [-0.3, -0.25) is 14.4 Å². The predicted octanol–water partition coefficient (Wildman–Crippen LogP) is 7.12. The molecule has 0 spiro atoms. The van der Waals surface area contributed by atoms with Crippen LogP contribution >= 0.6 is 23.4 Å². The monoisotopic (exact) mass is 570 g/mol. The number of benzene rings is 4. The summed E-state index contributed by atoms with van der Waals surface area (Å²) in [7, 11) is 0. The number of thioether (sulfide) groups is 1.